The van der Waals surface area contributed by atoms with Crippen molar-refractivity contribution in [3.8, 4) is 16.9 Å². The normalized spacial score (nSPS) is 14.2. The number of amides is 1. The Hall–Kier alpha value is -3.76. The molecule has 11 heteroatoms. The molecule has 0 radical (unpaired) electrons. The van der Waals surface area contributed by atoms with Crippen LogP contribution in [0.15, 0.2) is 36.7 Å². The highest BCUT2D eigenvalue weighted by molar-refractivity contribution is 5.99. The number of halogens is 5. The summed E-state index contributed by atoms with van der Waals surface area (Å²) in [6.07, 6.45) is -2.50. The number of fused-ring (bicyclic) bond motifs is 1. The lowest BCUT2D eigenvalue weighted by atomic mass is 9.99. The summed E-state index contributed by atoms with van der Waals surface area (Å²) in [5.41, 5.74) is -0.850. The highest BCUT2D eigenvalue weighted by Gasteiger charge is 2.34. The average Bonchev–Trinajstić information content (AvgIpc) is 3.15. The number of pyridine rings is 2. The molecule has 1 amide bonds. The Labute approximate surface area is 197 Å². The lowest BCUT2D eigenvalue weighted by Gasteiger charge is -2.19. The summed E-state index contributed by atoms with van der Waals surface area (Å²) < 4.78 is 74.6. The molecule has 0 fully saturated rings. The van der Waals surface area contributed by atoms with Gasteiger partial charge in [-0.05, 0) is 38.1 Å². The van der Waals surface area contributed by atoms with E-state index in [0.29, 0.717) is 36.1 Å². The van der Waals surface area contributed by atoms with Gasteiger partial charge in [0.2, 0.25) is 0 Å². The molecule has 0 spiro atoms. The van der Waals surface area contributed by atoms with Crippen molar-refractivity contribution in [3.05, 3.63) is 70.7 Å². The van der Waals surface area contributed by atoms with E-state index in [9.17, 15) is 18.0 Å². The molecule has 2 aromatic heterocycles. The number of nitrogens with zero attached hydrogens (tertiary/aromatic N) is 3. The molecular formula is C24H21F5N4O2. The summed E-state index contributed by atoms with van der Waals surface area (Å²) in [6.45, 7) is 4.29. The monoisotopic (exact) mass is 492 g/mol. The number of nitrogens with one attached hydrogen (secondary N) is 1. The molecule has 0 aliphatic carbocycles. The molecule has 1 N–H and O–H groups in total. The second-order valence-electron chi connectivity index (χ2n) is 7.99. The minimum atomic E-state index is -4.77. The van der Waals surface area contributed by atoms with E-state index in [1.54, 1.807) is 17.9 Å². The van der Waals surface area contributed by atoms with Crippen molar-refractivity contribution in [1.29, 1.82) is 0 Å². The van der Waals surface area contributed by atoms with Crippen LogP contribution in [-0.4, -0.2) is 34.4 Å². The van der Waals surface area contributed by atoms with Gasteiger partial charge in [0.25, 0.3) is 5.91 Å². The molecular weight excluding hydrogens is 471 g/mol. The van der Waals surface area contributed by atoms with Gasteiger partial charge in [0, 0.05) is 40.6 Å². The first-order valence-electron chi connectivity index (χ1n) is 10.7. The van der Waals surface area contributed by atoms with E-state index in [4.69, 9.17) is 4.74 Å². The Bertz CT molecular complexity index is 1300. The standard InChI is InChI=1S/C24H21F5N4O2/c1-4-33-11-17-13(23(33)34)5-6-30-22(17)32-12(2)14-7-19(26)15(8-18(14)25)16-9-21(24(27,28)29)31-10-20(16)35-3/h5-10,12H,4,11H2,1-3H3,(H,30,32). The summed E-state index contributed by atoms with van der Waals surface area (Å²) >= 11 is 0. The van der Waals surface area contributed by atoms with Crippen molar-refractivity contribution in [3.63, 3.8) is 0 Å². The Morgan fingerprint density at radius 3 is 2.51 bits per heavy atom. The third kappa shape index (κ3) is 4.50. The van der Waals surface area contributed by atoms with E-state index < -0.39 is 35.1 Å². The van der Waals surface area contributed by atoms with Crippen LogP contribution in [0.1, 0.15) is 47.1 Å². The van der Waals surface area contributed by atoms with Gasteiger partial charge in [0.05, 0.1) is 25.9 Å². The quantitative estimate of drug-likeness (QED) is 0.454. The second-order valence-corrected chi connectivity index (χ2v) is 7.99. The zero-order chi connectivity index (χ0) is 25.5. The van der Waals surface area contributed by atoms with Gasteiger partial charge < -0.3 is 15.0 Å². The van der Waals surface area contributed by atoms with Gasteiger partial charge in [-0.1, -0.05) is 0 Å². The van der Waals surface area contributed by atoms with Crippen LogP contribution in [0.2, 0.25) is 0 Å². The summed E-state index contributed by atoms with van der Waals surface area (Å²) in [7, 11) is 1.19. The smallest absolute Gasteiger partial charge is 0.433 e. The van der Waals surface area contributed by atoms with E-state index in [1.807, 2.05) is 6.92 Å². The number of carbonyl (C=O) groups is 1. The first kappa shape index (κ1) is 24.4. The molecule has 4 rings (SSSR count). The van der Waals surface area contributed by atoms with Crippen molar-refractivity contribution >= 4 is 11.7 Å². The molecule has 1 aliphatic heterocycles. The minimum Gasteiger partial charge on any atom is -0.494 e. The lowest BCUT2D eigenvalue weighted by Crippen LogP contribution is -2.22. The number of hydrogen-bond acceptors (Lipinski definition) is 5. The van der Waals surface area contributed by atoms with Crippen LogP contribution >= 0.6 is 0 Å². The van der Waals surface area contributed by atoms with Gasteiger partial charge in [-0.3, -0.25) is 4.79 Å². The number of methoxy groups -OCH3 is 1. The molecule has 6 nitrogen and oxygen atoms in total. The van der Waals surface area contributed by atoms with Crippen LogP contribution < -0.4 is 10.1 Å². The van der Waals surface area contributed by atoms with Crippen LogP contribution in [-0.2, 0) is 12.7 Å². The van der Waals surface area contributed by atoms with Crippen LogP contribution in [0, 0.1) is 11.6 Å². The van der Waals surface area contributed by atoms with Crippen molar-refractivity contribution in [2.45, 2.75) is 32.6 Å². The van der Waals surface area contributed by atoms with Gasteiger partial charge in [0.15, 0.2) is 0 Å². The third-order valence-electron chi connectivity index (χ3n) is 5.88. The van der Waals surface area contributed by atoms with Crippen LogP contribution in [0.5, 0.6) is 5.75 Å². The zero-order valence-corrected chi connectivity index (χ0v) is 19.0. The van der Waals surface area contributed by atoms with E-state index in [0.717, 1.165) is 18.3 Å². The number of anilines is 1. The van der Waals surface area contributed by atoms with E-state index in [2.05, 4.69) is 15.3 Å². The molecule has 1 unspecified atom stereocenters. The Kier molecular flexibility index (Phi) is 6.35. The fourth-order valence-electron chi connectivity index (χ4n) is 4.02. The first-order valence-corrected chi connectivity index (χ1v) is 10.7. The van der Waals surface area contributed by atoms with Gasteiger partial charge >= 0.3 is 6.18 Å². The highest BCUT2D eigenvalue weighted by Crippen LogP contribution is 2.38. The maximum atomic E-state index is 15.1. The van der Waals surface area contributed by atoms with Gasteiger partial charge in [-0.25, -0.2) is 18.7 Å². The minimum absolute atomic E-state index is 0.0635. The topological polar surface area (TPSA) is 67.3 Å². The molecule has 35 heavy (non-hydrogen) atoms. The van der Waals surface area contributed by atoms with Crippen molar-refractivity contribution in [2.75, 3.05) is 19.0 Å². The van der Waals surface area contributed by atoms with Crippen LogP contribution in [0.25, 0.3) is 11.1 Å². The van der Waals surface area contributed by atoms with E-state index >= 15 is 8.78 Å². The molecule has 0 saturated heterocycles. The fraction of sp³-hybridized carbons (Fsp3) is 0.292. The number of ether oxygens (including phenoxy) is 1. The SMILES string of the molecule is CCN1Cc2c(ccnc2NC(C)c2cc(F)c(-c3cc(C(F)(F)F)ncc3OC)cc2F)C1=O. The van der Waals surface area contributed by atoms with Crippen molar-refractivity contribution < 1.29 is 31.5 Å². The molecule has 184 valence electrons. The van der Waals surface area contributed by atoms with Gasteiger partial charge in [-0.15, -0.1) is 0 Å². The molecule has 3 aromatic rings. The van der Waals surface area contributed by atoms with Crippen molar-refractivity contribution in [1.82, 2.24) is 14.9 Å². The summed E-state index contributed by atoms with van der Waals surface area (Å²) in [5, 5.41) is 3.02. The summed E-state index contributed by atoms with van der Waals surface area (Å²) in [6, 6.07) is 3.20. The number of hydrogen-bond donors (Lipinski definition) is 1. The average molecular weight is 492 g/mol. The summed E-state index contributed by atoms with van der Waals surface area (Å²) in [4.78, 5) is 21.6. The lowest BCUT2D eigenvalue weighted by molar-refractivity contribution is -0.141. The molecule has 0 bridgehead atoms. The molecule has 0 saturated carbocycles. The number of carbonyl (C=O) groups excluding carboxylic acids is 1. The van der Waals surface area contributed by atoms with E-state index in [1.165, 1.54) is 13.3 Å². The predicted molar refractivity (Wildman–Crippen MR) is 118 cm³/mol. The maximum absolute atomic E-state index is 15.1. The summed E-state index contributed by atoms with van der Waals surface area (Å²) in [5.74, 6) is -1.68. The number of benzene rings is 1. The van der Waals surface area contributed by atoms with Gasteiger partial charge in [0.1, 0.15) is 28.9 Å². The zero-order valence-electron chi connectivity index (χ0n) is 19.0. The Balaban J connectivity index is 1.68. The second kappa shape index (κ2) is 9.12. The van der Waals surface area contributed by atoms with Crippen LogP contribution in [0.3, 0.4) is 0 Å². The van der Waals surface area contributed by atoms with E-state index in [-0.39, 0.29) is 22.8 Å². The largest absolute Gasteiger partial charge is 0.494 e. The molecule has 1 atom stereocenters. The highest BCUT2D eigenvalue weighted by atomic mass is 19.4. The van der Waals surface area contributed by atoms with Crippen molar-refractivity contribution in [2.24, 2.45) is 0 Å². The third-order valence-corrected chi connectivity index (χ3v) is 5.88. The Morgan fingerprint density at radius 2 is 1.86 bits per heavy atom. The number of aromatic nitrogens is 2. The number of rotatable bonds is 6. The fourth-order valence-corrected chi connectivity index (χ4v) is 4.02. The predicted octanol–water partition coefficient (Wildman–Crippen LogP) is 5.60. The molecule has 1 aromatic carbocycles. The molecule has 3 heterocycles. The maximum Gasteiger partial charge on any atom is 0.433 e. The number of alkyl halides is 3. The van der Waals surface area contributed by atoms with Crippen LogP contribution in [0.4, 0.5) is 27.8 Å². The molecule has 1 aliphatic rings. The Morgan fingerprint density at radius 1 is 1.11 bits per heavy atom. The van der Waals surface area contributed by atoms with Gasteiger partial charge in [-0.2, -0.15) is 13.2 Å². The first-order chi connectivity index (χ1) is 16.5.